The molecule has 1 aromatic rings. The fraction of sp³-hybridized carbons (Fsp3) is 0.727. The first-order valence-electron chi connectivity index (χ1n) is 11.3. The van der Waals surface area contributed by atoms with Crippen LogP contribution in [-0.2, 0) is 9.84 Å². The first-order valence-corrected chi connectivity index (χ1v) is 13.1. The third-order valence-corrected chi connectivity index (χ3v) is 8.47. The van der Waals surface area contributed by atoms with E-state index in [-0.39, 0.29) is 30.5 Å². The molecule has 0 spiro atoms. The molecular formula is C22H34N4O3S. The fourth-order valence-electron chi connectivity index (χ4n) is 4.83. The van der Waals surface area contributed by atoms with Crippen LogP contribution in [0.15, 0.2) is 18.3 Å². The fourth-order valence-corrected chi connectivity index (χ4v) is 6.03. The molecule has 30 heavy (non-hydrogen) atoms. The summed E-state index contributed by atoms with van der Waals surface area (Å²) >= 11 is 0. The van der Waals surface area contributed by atoms with Crippen LogP contribution in [0.4, 0.5) is 5.82 Å². The van der Waals surface area contributed by atoms with Gasteiger partial charge < -0.3 is 14.7 Å². The zero-order valence-corrected chi connectivity index (χ0v) is 18.8. The van der Waals surface area contributed by atoms with E-state index in [9.17, 15) is 13.2 Å². The van der Waals surface area contributed by atoms with E-state index in [0.717, 1.165) is 24.8 Å². The number of hydrogen-bond acceptors (Lipinski definition) is 6. The number of anilines is 1. The number of aromatic nitrogens is 1. The van der Waals surface area contributed by atoms with Crippen LogP contribution in [-0.4, -0.2) is 86.4 Å². The second kappa shape index (κ2) is 9.22. The number of rotatable bonds is 4. The summed E-state index contributed by atoms with van der Waals surface area (Å²) in [5.41, 5.74) is 0.536. The maximum absolute atomic E-state index is 12.7. The Morgan fingerprint density at radius 2 is 1.80 bits per heavy atom. The lowest BCUT2D eigenvalue weighted by Gasteiger charge is -2.38. The molecule has 4 heterocycles. The van der Waals surface area contributed by atoms with Crippen molar-refractivity contribution in [2.45, 2.75) is 32.6 Å². The number of hydrogen-bond donors (Lipinski definition) is 0. The molecule has 0 aromatic carbocycles. The van der Waals surface area contributed by atoms with Crippen LogP contribution in [0.1, 0.15) is 43.0 Å². The van der Waals surface area contributed by atoms with Gasteiger partial charge in [-0.15, -0.1) is 0 Å². The molecule has 0 N–H and O–H groups in total. The molecule has 8 heteroatoms. The summed E-state index contributed by atoms with van der Waals surface area (Å²) in [4.78, 5) is 23.8. The maximum Gasteiger partial charge on any atom is 0.255 e. The Labute approximate surface area is 180 Å². The predicted molar refractivity (Wildman–Crippen MR) is 119 cm³/mol. The van der Waals surface area contributed by atoms with E-state index in [1.54, 1.807) is 11.1 Å². The Morgan fingerprint density at radius 1 is 1.07 bits per heavy atom. The molecule has 3 saturated heterocycles. The Balaban J connectivity index is 1.32. The molecule has 3 aliphatic heterocycles. The second-order valence-electron chi connectivity index (χ2n) is 9.29. The van der Waals surface area contributed by atoms with Crippen LogP contribution in [0.2, 0.25) is 0 Å². The maximum atomic E-state index is 12.7. The third-order valence-electron chi connectivity index (χ3n) is 6.86. The summed E-state index contributed by atoms with van der Waals surface area (Å²) < 4.78 is 23.2. The normalized spacial score (nSPS) is 26.0. The van der Waals surface area contributed by atoms with Crippen molar-refractivity contribution in [1.82, 2.24) is 14.8 Å². The minimum absolute atomic E-state index is 0.0509. The molecule has 1 unspecified atom stereocenters. The summed E-state index contributed by atoms with van der Waals surface area (Å²) in [6.07, 6.45) is 6.74. The van der Waals surface area contributed by atoms with Crippen molar-refractivity contribution in [1.29, 1.82) is 0 Å². The van der Waals surface area contributed by atoms with E-state index in [4.69, 9.17) is 0 Å². The molecule has 3 fully saturated rings. The van der Waals surface area contributed by atoms with Crippen LogP contribution in [0.5, 0.6) is 0 Å². The zero-order valence-electron chi connectivity index (χ0n) is 18.0. The predicted octanol–water partition coefficient (Wildman–Crippen LogP) is 1.90. The van der Waals surface area contributed by atoms with E-state index >= 15 is 0 Å². The van der Waals surface area contributed by atoms with Crippen molar-refractivity contribution in [3.63, 3.8) is 0 Å². The molecule has 0 bridgehead atoms. The van der Waals surface area contributed by atoms with Crippen molar-refractivity contribution >= 4 is 21.6 Å². The van der Waals surface area contributed by atoms with Gasteiger partial charge in [-0.1, -0.05) is 6.92 Å². The average molecular weight is 435 g/mol. The van der Waals surface area contributed by atoms with Gasteiger partial charge in [-0.3, -0.25) is 4.79 Å². The molecule has 1 aromatic heterocycles. The van der Waals surface area contributed by atoms with E-state index in [2.05, 4.69) is 21.7 Å². The quantitative estimate of drug-likeness (QED) is 0.721. The van der Waals surface area contributed by atoms with Crippen molar-refractivity contribution in [2.24, 2.45) is 11.8 Å². The molecule has 1 atom stereocenters. The number of carbonyl (C=O) groups is 1. The highest BCUT2D eigenvalue weighted by Gasteiger charge is 2.27. The summed E-state index contributed by atoms with van der Waals surface area (Å²) in [6.45, 7) is 8.56. The van der Waals surface area contributed by atoms with E-state index in [1.807, 2.05) is 12.1 Å². The van der Waals surface area contributed by atoms with Gasteiger partial charge >= 0.3 is 0 Å². The van der Waals surface area contributed by atoms with Crippen LogP contribution in [0.3, 0.4) is 0 Å². The highest BCUT2D eigenvalue weighted by Crippen LogP contribution is 2.25. The molecule has 4 rings (SSSR count). The zero-order chi connectivity index (χ0) is 21.1. The van der Waals surface area contributed by atoms with Crippen LogP contribution >= 0.6 is 0 Å². The summed E-state index contributed by atoms with van der Waals surface area (Å²) in [7, 11) is -2.99. The number of sulfone groups is 1. The molecule has 0 saturated carbocycles. The minimum atomic E-state index is -2.99. The van der Waals surface area contributed by atoms with Gasteiger partial charge in [-0.25, -0.2) is 13.4 Å². The van der Waals surface area contributed by atoms with Crippen LogP contribution < -0.4 is 4.90 Å². The molecular weight excluding hydrogens is 400 g/mol. The SMILES string of the molecule is CC1CCN(CC2CCCN(c3ccc(C(=O)N4CCS(=O)(=O)CC4)cn3)C2)CC1. The molecule has 0 radical (unpaired) electrons. The van der Waals surface area contributed by atoms with Crippen molar-refractivity contribution in [3.05, 3.63) is 23.9 Å². The van der Waals surface area contributed by atoms with Gasteiger partial charge in [-0.05, 0) is 62.7 Å². The standard InChI is InChI=1S/C22H34N4O3S/c1-18-6-9-24(10-7-18)16-19-3-2-8-26(17-19)21-5-4-20(15-23-21)22(27)25-11-13-30(28,29)14-12-25/h4-5,15,18-19H,2-3,6-14,16-17H2,1H3. The lowest BCUT2D eigenvalue weighted by molar-refractivity contribution is 0.0770. The Bertz CT molecular complexity index is 820. The largest absolute Gasteiger partial charge is 0.356 e. The van der Waals surface area contributed by atoms with E-state index in [0.29, 0.717) is 11.5 Å². The number of pyridine rings is 1. The molecule has 3 aliphatic rings. The Hall–Kier alpha value is -1.67. The minimum Gasteiger partial charge on any atom is -0.356 e. The van der Waals surface area contributed by atoms with Crippen molar-refractivity contribution in [3.8, 4) is 0 Å². The van der Waals surface area contributed by atoms with Gasteiger partial charge in [0, 0.05) is 38.9 Å². The monoisotopic (exact) mass is 434 g/mol. The van der Waals surface area contributed by atoms with Gasteiger partial charge in [0.25, 0.3) is 5.91 Å². The number of carbonyl (C=O) groups excluding carboxylic acids is 1. The highest BCUT2D eigenvalue weighted by atomic mass is 32.2. The van der Waals surface area contributed by atoms with Crippen LogP contribution in [0.25, 0.3) is 0 Å². The van der Waals surface area contributed by atoms with Gasteiger partial charge in [0.15, 0.2) is 9.84 Å². The van der Waals surface area contributed by atoms with Gasteiger partial charge in [0.05, 0.1) is 17.1 Å². The number of amides is 1. The molecule has 0 aliphatic carbocycles. The first kappa shape index (κ1) is 21.6. The van der Waals surface area contributed by atoms with Crippen LogP contribution in [0, 0.1) is 11.8 Å². The molecule has 1 amide bonds. The Kier molecular flexibility index (Phi) is 6.63. The van der Waals surface area contributed by atoms with Crippen molar-refractivity contribution in [2.75, 3.05) is 62.2 Å². The third kappa shape index (κ3) is 5.32. The molecule has 7 nitrogen and oxygen atoms in total. The van der Waals surface area contributed by atoms with Gasteiger partial charge in [0.1, 0.15) is 5.82 Å². The second-order valence-corrected chi connectivity index (χ2v) is 11.6. The average Bonchev–Trinajstić information content (AvgIpc) is 2.75. The number of piperidine rings is 2. The lowest BCUT2D eigenvalue weighted by Crippen LogP contribution is -2.44. The highest BCUT2D eigenvalue weighted by molar-refractivity contribution is 7.91. The first-order chi connectivity index (χ1) is 14.4. The Morgan fingerprint density at radius 3 is 2.47 bits per heavy atom. The number of likely N-dealkylation sites (tertiary alicyclic amines) is 1. The van der Waals surface area contributed by atoms with Crippen molar-refractivity contribution < 1.29 is 13.2 Å². The van der Waals surface area contributed by atoms with E-state index in [1.165, 1.54) is 45.3 Å². The topological polar surface area (TPSA) is 73.8 Å². The summed E-state index contributed by atoms with van der Waals surface area (Å²) in [5.74, 6) is 2.45. The summed E-state index contributed by atoms with van der Waals surface area (Å²) in [6, 6.07) is 3.78. The number of nitrogens with zero attached hydrogens (tertiary/aromatic N) is 4. The lowest BCUT2D eigenvalue weighted by atomic mass is 9.94. The van der Waals surface area contributed by atoms with E-state index < -0.39 is 9.84 Å². The summed E-state index contributed by atoms with van der Waals surface area (Å²) in [5, 5.41) is 0. The van der Waals surface area contributed by atoms with Gasteiger partial charge in [0.2, 0.25) is 0 Å². The van der Waals surface area contributed by atoms with Gasteiger partial charge in [-0.2, -0.15) is 0 Å². The smallest absolute Gasteiger partial charge is 0.255 e. The molecule has 166 valence electrons.